The number of rotatable bonds is 4. The number of hydrogen-bond acceptors (Lipinski definition) is 3. The van der Waals surface area contributed by atoms with Gasteiger partial charge in [-0.1, -0.05) is 30.3 Å². The molecule has 5 heteroatoms. The van der Waals surface area contributed by atoms with E-state index >= 15 is 0 Å². The van der Waals surface area contributed by atoms with Gasteiger partial charge in [0.1, 0.15) is 5.69 Å². The maximum atomic E-state index is 11.2. The highest BCUT2D eigenvalue weighted by atomic mass is 79.9. The predicted molar refractivity (Wildman–Crippen MR) is 84.2 cm³/mol. The van der Waals surface area contributed by atoms with E-state index in [9.17, 15) is 4.79 Å². The number of halogens is 1. The lowest BCUT2D eigenvalue weighted by Gasteiger charge is -2.00. The summed E-state index contributed by atoms with van der Waals surface area (Å²) >= 11 is 4.99. The van der Waals surface area contributed by atoms with Crippen molar-refractivity contribution < 1.29 is 4.79 Å². The monoisotopic (exact) mass is 346 g/mol. The molecule has 20 heavy (non-hydrogen) atoms. The molecule has 0 N–H and O–H groups in total. The summed E-state index contributed by atoms with van der Waals surface area (Å²) in [6.07, 6.45) is 2.65. The van der Waals surface area contributed by atoms with Crippen LogP contribution in [0.2, 0.25) is 0 Å². The van der Waals surface area contributed by atoms with E-state index in [-0.39, 0.29) is 0 Å². The van der Waals surface area contributed by atoms with Crippen molar-refractivity contribution in [3.63, 3.8) is 0 Å². The van der Waals surface area contributed by atoms with Gasteiger partial charge in [-0.05, 0) is 27.6 Å². The normalized spacial score (nSPS) is 10.7. The molecule has 2 aromatic heterocycles. The molecule has 3 aromatic rings. The van der Waals surface area contributed by atoms with Gasteiger partial charge in [0.05, 0.1) is 17.0 Å². The van der Waals surface area contributed by atoms with E-state index in [2.05, 4.69) is 21.0 Å². The number of carbonyl (C=O) groups is 1. The highest BCUT2D eigenvalue weighted by molar-refractivity contribution is 9.10. The fraction of sp³-hybridized carbons (Fsp3) is 0.0667. The first kappa shape index (κ1) is 13.3. The first-order chi connectivity index (χ1) is 9.76. The molecule has 0 bridgehead atoms. The fourth-order valence-corrected chi connectivity index (χ4v) is 3.44. The van der Waals surface area contributed by atoms with E-state index in [0.29, 0.717) is 12.1 Å². The molecule has 0 aliphatic rings. The standard InChI is InChI=1S/C15H11BrN2OS/c16-13-6-14(20-10-13)15-12(9-19)8-18(17-15)7-11-4-2-1-3-5-11/h1-6,8-10H,7H2. The van der Waals surface area contributed by atoms with Gasteiger partial charge in [-0.15, -0.1) is 11.3 Å². The molecule has 0 spiro atoms. The summed E-state index contributed by atoms with van der Waals surface area (Å²) in [5.41, 5.74) is 2.52. The maximum absolute atomic E-state index is 11.2. The molecule has 0 aliphatic heterocycles. The summed E-state index contributed by atoms with van der Waals surface area (Å²) < 4.78 is 2.81. The second kappa shape index (κ2) is 5.73. The Morgan fingerprint density at radius 3 is 2.75 bits per heavy atom. The second-order valence-corrected chi connectivity index (χ2v) is 6.19. The third-order valence-electron chi connectivity index (χ3n) is 2.91. The van der Waals surface area contributed by atoms with Crippen LogP contribution in [-0.2, 0) is 6.54 Å². The van der Waals surface area contributed by atoms with Gasteiger partial charge in [0.15, 0.2) is 6.29 Å². The molecule has 0 radical (unpaired) electrons. The van der Waals surface area contributed by atoms with E-state index in [1.54, 1.807) is 17.5 Å². The van der Waals surface area contributed by atoms with Gasteiger partial charge < -0.3 is 0 Å². The number of carbonyl (C=O) groups excluding carboxylic acids is 1. The van der Waals surface area contributed by atoms with Crippen LogP contribution in [-0.4, -0.2) is 16.1 Å². The number of nitrogens with zero attached hydrogens (tertiary/aromatic N) is 2. The van der Waals surface area contributed by atoms with E-state index in [1.165, 1.54) is 0 Å². The van der Waals surface area contributed by atoms with Gasteiger partial charge >= 0.3 is 0 Å². The fourth-order valence-electron chi connectivity index (χ4n) is 2.00. The minimum atomic E-state index is 0.621. The Hall–Kier alpha value is -1.72. The zero-order chi connectivity index (χ0) is 13.9. The third-order valence-corrected chi connectivity index (χ3v) is 4.60. The quantitative estimate of drug-likeness (QED) is 0.662. The van der Waals surface area contributed by atoms with Crippen molar-refractivity contribution in [2.24, 2.45) is 0 Å². The van der Waals surface area contributed by atoms with Crippen LogP contribution in [0.25, 0.3) is 10.6 Å². The Balaban J connectivity index is 1.95. The Kier molecular flexibility index (Phi) is 3.80. The molecule has 0 aliphatic carbocycles. The molecule has 0 saturated carbocycles. The predicted octanol–water partition coefficient (Wildman–Crippen LogP) is 4.23. The summed E-state index contributed by atoms with van der Waals surface area (Å²) in [5.74, 6) is 0. The van der Waals surface area contributed by atoms with Crippen molar-refractivity contribution in [1.29, 1.82) is 0 Å². The van der Waals surface area contributed by atoms with E-state index < -0.39 is 0 Å². The van der Waals surface area contributed by atoms with Crippen molar-refractivity contribution in [2.45, 2.75) is 6.54 Å². The minimum absolute atomic E-state index is 0.621. The highest BCUT2D eigenvalue weighted by Gasteiger charge is 2.12. The average Bonchev–Trinajstić information content (AvgIpc) is 3.06. The van der Waals surface area contributed by atoms with Gasteiger partial charge in [-0.25, -0.2) is 0 Å². The van der Waals surface area contributed by atoms with Crippen LogP contribution in [0.15, 0.2) is 52.4 Å². The van der Waals surface area contributed by atoms with Crippen molar-refractivity contribution in [3.05, 3.63) is 63.6 Å². The van der Waals surface area contributed by atoms with Gasteiger partial charge in [0, 0.05) is 16.0 Å². The second-order valence-electron chi connectivity index (χ2n) is 4.36. The first-order valence-corrected chi connectivity index (χ1v) is 7.74. The van der Waals surface area contributed by atoms with Crippen LogP contribution in [0, 0.1) is 0 Å². The van der Waals surface area contributed by atoms with E-state index in [1.807, 2.05) is 46.5 Å². The van der Waals surface area contributed by atoms with Crippen molar-refractivity contribution in [2.75, 3.05) is 0 Å². The number of aldehydes is 1. The number of thiophene rings is 1. The molecule has 0 saturated heterocycles. The summed E-state index contributed by atoms with van der Waals surface area (Å²) in [5, 5.41) is 6.52. The molecule has 0 unspecified atom stereocenters. The van der Waals surface area contributed by atoms with Gasteiger partial charge in [0.2, 0.25) is 0 Å². The van der Waals surface area contributed by atoms with Crippen LogP contribution in [0.4, 0.5) is 0 Å². The maximum Gasteiger partial charge on any atom is 0.153 e. The lowest BCUT2D eigenvalue weighted by atomic mass is 10.2. The molecule has 3 rings (SSSR count). The molecule has 3 nitrogen and oxygen atoms in total. The molecular weight excluding hydrogens is 336 g/mol. The SMILES string of the molecule is O=Cc1cn(Cc2ccccc2)nc1-c1cc(Br)cs1. The largest absolute Gasteiger partial charge is 0.298 e. The highest BCUT2D eigenvalue weighted by Crippen LogP contribution is 2.30. The molecule has 100 valence electrons. The van der Waals surface area contributed by atoms with Gasteiger partial charge in [-0.3, -0.25) is 9.48 Å². The van der Waals surface area contributed by atoms with Gasteiger partial charge in [-0.2, -0.15) is 5.10 Å². The summed E-state index contributed by atoms with van der Waals surface area (Å²) in [6.45, 7) is 0.661. The zero-order valence-electron chi connectivity index (χ0n) is 10.5. The Morgan fingerprint density at radius 2 is 2.10 bits per heavy atom. The lowest BCUT2D eigenvalue weighted by Crippen LogP contribution is -1.99. The smallest absolute Gasteiger partial charge is 0.153 e. The summed E-state index contributed by atoms with van der Waals surface area (Å²) in [7, 11) is 0. The molecule has 0 fully saturated rings. The topological polar surface area (TPSA) is 34.9 Å². The van der Waals surface area contributed by atoms with Crippen LogP contribution in [0.1, 0.15) is 15.9 Å². The van der Waals surface area contributed by atoms with E-state index in [4.69, 9.17) is 0 Å². The van der Waals surface area contributed by atoms with Crippen LogP contribution >= 0.6 is 27.3 Å². The molecule has 0 atom stereocenters. The van der Waals surface area contributed by atoms with Crippen LogP contribution in [0.5, 0.6) is 0 Å². The summed E-state index contributed by atoms with van der Waals surface area (Å²) in [6, 6.07) is 12.0. The van der Waals surface area contributed by atoms with Crippen LogP contribution < -0.4 is 0 Å². The number of hydrogen-bond donors (Lipinski definition) is 0. The Labute approximate surface area is 129 Å². The molecular formula is C15H11BrN2OS. The number of benzene rings is 1. The van der Waals surface area contributed by atoms with Crippen molar-refractivity contribution in [1.82, 2.24) is 9.78 Å². The van der Waals surface area contributed by atoms with Gasteiger partial charge in [0.25, 0.3) is 0 Å². The van der Waals surface area contributed by atoms with E-state index in [0.717, 1.165) is 26.9 Å². The molecule has 1 aromatic carbocycles. The first-order valence-electron chi connectivity index (χ1n) is 6.07. The van der Waals surface area contributed by atoms with Crippen molar-refractivity contribution >= 4 is 33.6 Å². The third kappa shape index (κ3) is 2.73. The van der Waals surface area contributed by atoms with Crippen molar-refractivity contribution in [3.8, 4) is 10.6 Å². The van der Waals surface area contributed by atoms with Crippen LogP contribution in [0.3, 0.4) is 0 Å². The minimum Gasteiger partial charge on any atom is -0.298 e. The molecule has 0 amide bonds. The Morgan fingerprint density at radius 1 is 1.30 bits per heavy atom. The zero-order valence-corrected chi connectivity index (χ0v) is 12.9. The Bertz CT molecular complexity index is 733. The summed E-state index contributed by atoms with van der Waals surface area (Å²) in [4.78, 5) is 12.2. The lowest BCUT2D eigenvalue weighted by molar-refractivity contribution is 0.112. The average molecular weight is 347 g/mol. The molecule has 2 heterocycles. The number of aromatic nitrogens is 2.